The van der Waals surface area contributed by atoms with Crippen LogP contribution in [0.3, 0.4) is 0 Å². The van der Waals surface area contributed by atoms with Gasteiger partial charge in [-0.15, -0.1) is 0 Å². The molecular formula is C11H10FN. The number of nitrogens with zero attached hydrogens (tertiary/aromatic N) is 1. The fourth-order valence-corrected chi connectivity index (χ4v) is 1.47. The van der Waals surface area contributed by atoms with Crippen molar-refractivity contribution < 1.29 is 4.39 Å². The first kappa shape index (κ1) is 8.17. The molecule has 1 nitrogen and oxygen atoms in total. The molecule has 0 bridgehead atoms. The van der Waals surface area contributed by atoms with Crippen molar-refractivity contribution in [3.63, 3.8) is 0 Å². The Morgan fingerprint density at radius 3 is 2.69 bits per heavy atom. The van der Waals surface area contributed by atoms with Gasteiger partial charge in [0.2, 0.25) is 5.95 Å². The van der Waals surface area contributed by atoms with Crippen LogP contribution in [0.15, 0.2) is 24.3 Å². The van der Waals surface area contributed by atoms with Crippen LogP contribution in [0, 0.1) is 19.8 Å². The van der Waals surface area contributed by atoms with Crippen LogP contribution >= 0.6 is 0 Å². The second-order valence-electron chi connectivity index (χ2n) is 3.28. The first-order valence-electron chi connectivity index (χ1n) is 4.20. The molecule has 66 valence electrons. The first-order valence-corrected chi connectivity index (χ1v) is 4.20. The molecule has 0 spiro atoms. The van der Waals surface area contributed by atoms with Crippen LogP contribution in [-0.2, 0) is 0 Å². The van der Waals surface area contributed by atoms with E-state index in [0.29, 0.717) is 0 Å². The number of rotatable bonds is 0. The van der Waals surface area contributed by atoms with Crippen LogP contribution in [0.1, 0.15) is 11.1 Å². The summed E-state index contributed by atoms with van der Waals surface area (Å²) in [6.07, 6.45) is 0. The highest BCUT2D eigenvalue weighted by Gasteiger charge is 2.01. The molecule has 0 aliphatic heterocycles. The van der Waals surface area contributed by atoms with E-state index in [9.17, 15) is 4.39 Å². The van der Waals surface area contributed by atoms with Crippen molar-refractivity contribution in [1.29, 1.82) is 0 Å². The number of fused-ring (bicyclic) bond motifs is 1. The lowest BCUT2D eigenvalue weighted by atomic mass is 10.1. The molecule has 0 aliphatic rings. The van der Waals surface area contributed by atoms with Gasteiger partial charge in [0.25, 0.3) is 0 Å². The molecule has 0 fully saturated rings. The Balaban J connectivity index is 2.87. The minimum Gasteiger partial charge on any atom is -0.220 e. The highest BCUT2D eigenvalue weighted by atomic mass is 19.1. The van der Waals surface area contributed by atoms with Crippen molar-refractivity contribution in [2.45, 2.75) is 13.8 Å². The summed E-state index contributed by atoms with van der Waals surface area (Å²) in [4.78, 5) is 3.81. The molecule has 2 aromatic rings. The second-order valence-corrected chi connectivity index (χ2v) is 3.28. The number of pyridine rings is 1. The van der Waals surface area contributed by atoms with Gasteiger partial charge in [0, 0.05) is 5.39 Å². The molecule has 0 amide bonds. The fourth-order valence-electron chi connectivity index (χ4n) is 1.47. The normalized spacial score (nSPS) is 10.7. The van der Waals surface area contributed by atoms with Gasteiger partial charge in [0.1, 0.15) is 0 Å². The van der Waals surface area contributed by atoms with Gasteiger partial charge in [-0.1, -0.05) is 11.6 Å². The number of hydrogen-bond donors (Lipinski definition) is 0. The molecular weight excluding hydrogens is 165 g/mol. The van der Waals surface area contributed by atoms with Crippen molar-refractivity contribution in [2.24, 2.45) is 0 Å². The van der Waals surface area contributed by atoms with Gasteiger partial charge >= 0.3 is 0 Å². The van der Waals surface area contributed by atoms with E-state index < -0.39 is 5.95 Å². The van der Waals surface area contributed by atoms with Gasteiger partial charge in [-0.2, -0.15) is 4.39 Å². The molecule has 0 unspecified atom stereocenters. The average Bonchev–Trinajstić information content (AvgIpc) is 2.06. The maximum atomic E-state index is 12.9. The van der Waals surface area contributed by atoms with Gasteiger partial charge in [-0.25, -0.2) is 4.98 Å². The van der Waals surface area contributed by atoms with E-state index in [1.54, 1.807) is 0 Å². The number of benzene rings is 1. The van der Waals surface area contributed by atoms with Gasteiger partial charge in [-0.3, -0.25) is 0 Å². The summed E-state index contributed by atoms with van der Waals surface area (Å²) >= 11 is 0. The third-order valence-electron chi connectivity index (χ3n) is 2.14. The minimum absolute atomic E-state index is 0.408. The van der Waals surface area contributed by atoms with Crippen LogP contribution in [0.25, 0.3) is 10.9 Å². The van der Waals surface area contributed by atoms with Crippen molar-refractivity contribution in [3.05, 3.63) is 41.3 Å². The van der Waals surface area contributed by atoms with Crippen molar-refractivity contribution in [2.75, 3.05) is 0 Å². The van der Waals surface area contributed by atoms with Crippen LogP contribution < -0.4 is 0 Å². The van der Waals surface area contributed by atoms with E-state index in [2.05, 4.69) is 4.98 Å². The maximum absolute atomic E-state index is 12.9. The van der Waals surface area contributed by atoms with Gasteiger partial charge in [0.05, 0.1) is 5.52 Å². The lowest BCUT2D eigenvalue weighted by Crippen LogP contribution is -1.88. The summed E-state index contributed by atoms with van der Waals surface area (Å²) < 4.78 is 12.9. The Morgan fingerprint density at radius 1 is 1.15 bits per heavy atom. The molecule has 1 aromatic carbocycles. The molecule has 2 rings (SSSR count). The Kier molecular flexibility index (Phi) is 1.76. The molecule has 0 saturated heterocycles. The molecule has 13 heavy (non-hydrogen) atoms. The molecule has 0 N–H and O–H groups in total. The summed E-state index contributed by atoms with van der Waals surface area (Å²) in [6, 6.07) is 7.27. The Hall–Kier alpha value is -1.44. The number of hydrogen-bond acceptors (Lipinski definition) is 1. The zero-order chi connectivity index (χ0) is 9.42. The van der Waals surface area contributed by atoms with E-state index in [1.165, 1.54) is 11.6 Å². The maximum Gasteiger partial charge on any atom is 0.213 e. The quantitative estimate of drug-likeness (QED) is 0.561. The minimum atomic E-state index is -0.408. The Labute approximate surface area is 76.2 Å². The summed E-state index contributed by atoms with van der Waals surface area (Å²) in [5.74, 6) is -0.408. The lowest BCUT2D eigenvalue weighted by molar-refractivity contribution is 0.588. The van der Waals surface area contributed by atoms with Crippen LogP contribution in [0.2, 0.25) is 0 Å². The summed E-state index contributed by atoms with van der Waals surface area (Å²) in [5.41, 5.74) is 2.83. The third kappa shape index (κ3) is 1.39. The third-order valence-corrected chi connectivity index (χ3v) is 2.14. The van der Waals surface area contributed by atoms with E-state index in [4.69, 9.17) is 0 Å². The highest BCUT2D eigenvalue weighted by molar-refractivity contribution is 5.82. The fraction of sp³-hybridized carbons (Fsp3) is 0.182. The van der Waals surface area contributed by atoms with Gasteiger partial charge < -0.3 is 0 Å². The second kappa shape index (κ2) is 2.80. The van der Waals surface area contributed by atoms with Crippen LogP contribution in [0.4, 0.5) is 4.39 Å². The molecule has 0 radical (unpaired) electrons. The SMILES string of the molecule is Cc1ccc2nc(F)cc(C)c2c1. The van der Waals surface area contributed by atoms with Crippen molar-refractivity contribution in [3.8, 4) is 0 Å². The Morgan fingerprint density at radius 2 is 1.92 bits per heavy atom. The molecule has 0 atom stereocenters. The zero-order valence-corrected chi connectivity index (χ0v) is 7.63. The van der Waals surface area contributed by atoms with E-state index in [0.717, 1.165) is 16.5 Å². The van der Waals surface area contributed by atoms with E-state index in [-0.39, 0.29) is 0 Å². The smallest absolute Gasteiger partial charge is 0.213 e. The Bertz CT molecular complexity index is 463. The summed E-state index contributed by atoms with van der Waals surface area (Å²) in [6.45, 7) is 3.91. The predicted octanol–water partition coefficient (Wildman–Crippen LogP) is 2.99. The van der Waals surface area contributed by atoms with Crippen LogP contribution in [-0.4, -0.2) is 4.98 Å². The molecule has 2 heteroatoms. The molecule has 1 heterocycles. The number of aromatic nitrogens is 1. The van der Waals surface area contributed by atoms with Gasteiger partial charge in [-0.05, 0) is 37.6 Å². The number of aryl methyl sites for hydroxylation is 2. The largest absolute Gasteiger partial charge is 0.220 e. The predicted molar refractivity (Wildman–Crippen MR) is 51.2 cm³/mol. The molecule has 0 aliphatic carbocycles. The highest BCUT2D eigenvalue weighted by Crippen LogP contribution is 2.18. The van der Waals surface area contributed by atoms with E-state index in [1.807, 2.05) is 32.0 Å². The molecule has 1 aromatic heterocycles. The van der Waals surface area contributed by atoms with Gasteiger partial charge in [0.15, 0.2) is 0 Å². The first-order chi connectivity index (χ1) is 6.16. The lowest BCUT2D eigenvalue weighted by Gasteiger charge is -2.02. The summed E-state index contributed by atoms with van der Waals surface area (Å²) in [7, 11) is 0. The van der Waals surface area contributed by atoms with Crippen molar-refractivity contribution in [1.82, 2.24) is 4.98 Å². The number of halogens is 1. The topological polar surface area (TPSA) is 12.9 Å². The van der Waals surface area contributed by atoms with Crippen molar-refractivity contribution >= 4 is 10.9 Å². The standard InChI is InChI=1S/C11H10FN/c1-7-3-4-10-9(5-7)8(2)6-11(12)13-10/h3-6H,1-2H3. The summed E-state index contributed by atoms with van der Waals surface area (Å²) in [5, 5.41) is 1.03. The average molecular weight is 175 g/mol. The zero-order valence-electron chi connectivity index (χ0n) is 7.63. The molecule has 0 saturated carbocycles. The van der Waals surface area contributed by atoms with E-state index >= 15 is 0 Å². The van der Waals surface area contributed by atoms with Crippen LogP contribution in [0.5, 0.6) is 0 Å². The monoisotopic (exact) mass is 175 g/mol.